The zero-order chi connectivity index (χ0) is 19.0. The van der Waals surface area contributed by atoms with E-state index in [9.17, 15) is 17.6 Å². The molecule has 1 aliphatic rings. The number of hydrogen-bond acceptors (Lipinski definition) is 6. The Morgan fingerprint density at radius 1 is 1.30 bits per heavy atom. The van der Waals surface area contributed by atoms with Crippen LogP contribution in [0.25, 0.3) is 0 Å². The number of nitrogens with zero attached hydrogens (tertiary/aromatic N) is 2. The summed E-state index contributed by atoms with van der Waals surface area (Å²) >= 11 is 1.21. The fraction of sp³-hybridized carbons (Fsp3) is 0.176. The Labute approximate surface area is 158 Å². The summed E-state index contributed by atoms with van der Waals surface area (Å²) in [4.78, 5) is 17.1. The number of aromatic nitrogens is 1. The van der Waals surface area contributed by atoms with Crippen molar-refractivity contribution in [1.29, 1.82) is 0 Å². The number of anilines is 1. The van der Waals surface area contributed by atoms with Crippen LogP contribution >= 0.6 is 11.3 Å². The number of nitrogens with one attached hydrogen (secondary N) is 1. The van der Waals surface area contributed by atoms with Crippen LogP contribution in [0.1, 0.15) is 21.1 Å². The number of fused-ring (bicyclic) bond motifs is 1. The Balaban J connectivity index is 1.53. The third-order valence-electron chi connectivity index (χ3n) is 4.10. The summed E-state index contributed by atoms with van der Waals surface area (Å²) in [5, 5.41) is 3.03. The fourth-order valence-electron chi connectivity index (χ4n) is 2.77. The van der Waals surface area contributed by atoms with Crippen molar-refractivity contribution in [1.82, 2.24) is 9.29 Å². The van der Waals surface area contributed by atoms with Gasteiger partial charge in [0.1, 0.15) is 5.82 Å². The number of sulfonamides is 1. The van der Waals surface area contributed by atoms with Crippen LogP contribution in [0.5, 0.6) is 0 Å². The zero-order valence-electron chi connectivity index (χ0n) is 13.9. The van der Waals surface area contributed by atoms with Crippen molar-refractivity contribution in [2.75, 3.05) is 11.9 Å². The third-order valence-corrected chi connectivity index (χ3v) is 6.93. The normalized spacial score (nSPS) is 14.7. The van der Waals surface area contributed by atoms with Crippen molar-refractivity contribution in [3.05, 3.63) is 64.8 Å². The highest BCUT2D eigenvalue weighted by atomic mass is 32.2. The van der Waals surface area contributed by atoms with Crippen molar-refractivity contribution in [2.24, 2.45) is 0 Å². The Morgan fingerprint density at radius 3 is 2.89 bits per heavy atom. The van der Waals surface area contributed by atoms with Crippen molar-refractivity contribution in [3.8, 4) is 0 Å². The van der Waals surface area contributed by atoms with Gasteiger partial charge in [0.15, 0.2) is 10.9 Å². The second kappa shape index (κ2) is 6.87. The molecule has 0 fully saturated rings. The average molecular weight is 407 g/mol. The van der Waals surface area contributed by atoms with Crippen LogP contribution in [0.15, 0.2) is 52.0 Å². The van der Waals surface area contributed by atoms with E-state index >= 15 is 0 Å². The predicted octanol–water partition coefficient (Wildman–Crippen LogP) is 2.87. The minimum Gasteiger partial charge on any atom is -0.459 e. The van der Waals surface area contributed by atoms with Crippen LogP contribution < -0.4 is 5.32 Å². The van der Waals surface area contributed by atoms with Crippen molar-refractivity contribution in [2.45, 2.75) is 17.9 Å². The van der Waals surface area contributed by atoms with E-state index in [4.69, 9.17) is 4.42 Å². The molecule has 3 aromatic rings. The number of carbonyl (C=O) groups excluding carboxylic acids is 1. The molecule has 0 saturated carbocycles. The van der Waals surface area contributed by atoms with Crippen LogP contribution in [-0.4, -0.2) is 30.2 Å². The van der Waals surface area contributed by atoms with Gasteiger partial charge < -0.3 is 4.42 Å². The number of benzene rings is 1. The molecule has 4 rings (SSSR count). The topological polar surface area (TPSA) is 92.5 Å². The van der Waals surface area contributed by atoms with Crippen LogP contribution in [0, 0.1) is 5.82 Å². The van der Waals surface area contributed by atoms with E-state index < -0.39 is 21.7 Å². The lowest BCUT2D eigenvalue weighted by atomic mass is 10.2. The third kappa shape index (κ3) is 3.51. The number of thiazole rings is 1. The van der Waals surface area contributed by atoms with Gasteiger partial charge in [-0.3, -0.25) is 10.1 Å². The van der Waals surface area contributed by atoms with Crippen molar-refractivity contribution in [3.63, 3.8) is 0 Å². The Bertz CT molecular complexity index is 1090. The summed E-state index contributed by atoms with van der Waals surface area (Å²) in [6.45, 7) is 0.365. The molecule has 0 aliphatic carbocycles. The molecule has 27 heavy (non-hydrogen) atoms. The molecule has 7 nitrogen and oxygen atoms in total. The minimum absolute atomic E-state index is 0.0817. The van der Waals surface area contributed by atoms with E-state index in [0.29, 0.717) is 11.6 Å². The molecule has 0 bridgehead atoms. The highest BCUT2D eigenvalue weighted by Crippen LogP contribution is 2.31. The molecular formula is C17H14FN3O4S2. The van der Waals surface area contributed by atoms with Crippen molar-refractivity contribution >= 4 is 32.4 Å². The molecule has 1 aromatic carbocycles. The summed E-state index contributed by atoms with van der Waals surface area (Å²) in [6.07, 6.45) is 1.81. The van der Waals surface area contributed by atoms with Crippen LogP contribution in [0.4, 0.5) is 9.52 Å². The van der Waals surface area contributed by atoms with E-state index in [1.807, 2.05) is 0 Å². The van der Waals surface area contributed by atoms with Crippen molar-refractivity contribution < 1.29 is 22.0 Å². The van der Waals surface area contributed by atoms with Gasteiger partial charge in [-0.25, -0.2) is 17.8 Å². The molecule has 1 aliphatic heterocycles. The standard InChI is InChI=1S/C17H14FN3O4S2/c18-11-3-1-4-12(9-11)27(23,24)21-7-6-13-15(10-21)26-17(19-13)20-16(22)14-5-2-8-25-14/h1-5,8-9H,6-7,10H2,(H,19,20,22). The van der Waals surface area contributed by atoms with Crippen LogP contribution in [0.3, 0.4) is 0 Å². The summed E-state index contributed by atoms with van der Waals surface area (Å²) in [5.41, 5.74) is 0.750. The molecule has 0 spiro atoms. The molecule has 0 saturated heterocycles. The second-order valence-electron chi connectivity index (χ2n) is 5.87. The first-order valence-electron chi connectivity index (χ1n) is 8.02. The molecule has 0 radical (unpaired) electrons. The van der Waals surface area contributed by atoms with Gasteiger partial charge in [-0.1, -0.05) is 6.07 Å². The molecule has 2 aromatic heterocycles. The summed E-state index contributed by atoms with van der Waals surface area (Å²) in [7, 11) is -3.81. The number of halogens is 1. The average Bonchev–Trinajstić information content (AvgIpc) is 3.30. The van der Waals surface area contributed by atoms with E-state index in [2.05, 4.69) is 10.3 Å². The molecule has 3 heterocycles. The number of hydrogen-bond donors (Lipinski definition) is 1. The maximum absolute atomic E-state index is 13.4. The molecule has 1 amide bonds. The van der Waals surface area contributed by atoms with Gasteiger partial charge >= 0.3 is 0 Å². The Hall–Kier alpha value is -2.56. The molecule has 10 heteroatoms. The first-order valence-corrected chi connectivity index (χ1v) is 10.3. The Kier molecular flexibility index (Phi) is 4.54. The Morgan fingerprint density at radius 2 is 2.15 bits per heavy atom. The van der Waals surface area contributed by atoms with Gasteiger partial charge in [0, 0.05) is 17.8 Å². The molecule has 0 atom stereocenters. The largest absolute Gasteiger partial charge is 0.459 e. The van der Waals surface area contributed by atoms with E-state index in [1.165, 1.54) is 46.2 Å². The van der Waals surface area contributed by atoms with Crippen LogP contribution in [-0.2, 0) is 23.0 Å². The molecular weight excluding hydrogens is 393 g/mol. The lowest BCUT2D eigenvalue weighted by Gasteiger charge is -2.25. The highest BCUT2D eigenvalue weighted by Gasteiger charge is 2.31. The number of rotatable bonds is 4. The first kappa shape index (κ1) is 17.8. The molecule has 0 unspecified atom stereocenters. The molecule has 1 N–H and O–H groups in total. The smallest absolute Gasteiger partial charge is 0.293 e. The van der Waals surface area contributed by atoms with Gasteiger partial charge in [0.05, 0.1) is 23.4 Å². The molecule has 140 valence electrons. The van der Waals surface area contributed by atoms with Gasteiger partial charge in [-0.05, 0) is 30.3 Å². The summed E-state index contributed by atoms with van der Waals surface area (Å²) < 4.78 is 45.2. The quantitative estimate of drug-likeness (QED) is 0.718. The minimum atomic E-state index is -3.81. The maximum Gasteiger partial charge on any atom is 0.293 e. The maximum atomic E-state index is 13.4. The number of amides is 1. The van der Waals surface area contributed by atoms with E-state index in [-0.39, 0.29) is 23.7 Å². The van der Waals surface area contributed by atoms with Gasteiger partial charge in [0.2, 0.25) is 10.0 Å². The summed E-state index contributed by atoms with van der Waals surface area (Å²) in [6, 6.07) is 8.09. The fourth-order valence-corrected chi connectivity index (χ4v) is 5.32. The monoisotopic (exact) mass is 407 g/mol. The summed E-state index contributed by atoms with van der Waals surface area (Å²) in [5.74, 6) is -0.858. The zero-order valence-corrected chi connectivity index (χ0v) is 15.5. The highest BCUT2D eigenvalue weighted by molar-refractivity contribution is 7.89. The number of furan rings is 1. The second-order valence-corrected chi connectivity index (χ2v) is 8.89. The van der Waals surface area contributed by atoms with E-state index in [0.717, 1.165) is 16.6 Å². The first-order chi connectivity index (χ1) is 12.9. The van der Waals surface area contributed by atoms with Crippen LogP contribution in [0.2, 0.25) is 0 Å². The predicted molar refractivity (Wildman–Crippen MR) is 96.5 cm³/mol. The number of carbonyl (C=O) groups is 1. The van der Waals surface area contributed by atoms with Gasteiger partial charge in [-0.2, -0.15) is 4.31 Å². The van der Waals surface area contributed by atoms with Gasteiger partial charge in [-0.15, -0.1) is 11.3 Å². The lowest BCUT2D eigenvalue weighted by Crippen LogP contribution is -2.35. The SMILES string of the molecule is O=C(Nc1nc2c(s1)CN(S(=O)(=O)c1cccc(F)c1)CC2)c1ccco1. The lowest BCUT2D eigenvalue weighted by molar-refractivity contribution is 0.0996. The van der Waals surface area contributed by atoms with Gasteiger partial charge in [0.25, 0.3) is 5.91 Å². The van der Waals surface area contributed by atoms with E-state index in [1.54, 1.807) is 6.07 Å².